The Morgan fingerprint density at radius 1 is 1.41 bits per heavy atom. The molecule has 1 aromatic rings. The van der Waals surface area contributed by atoms with Crippen LogP contribution in [0.25, 0.3) is 0 Å². The van der Waals surface area contributed by atoms with Crippen molar-refractivity contribution in [1.29, 1.82) is 0 Å². The van der Waals surface area contributed by atoms with Gasteiger partial charge in [0.25, 0.3) is 0 Å². The maximum atomic E-state index is 5.76. The molecule has 17 heavy (non-hydrogen) atoms. The van der Waals surface area contributed by atoms with Crippen LogP contribution in [-0.4, -0.2) is 12.6 Å². The van der Waals surface area contributed by atoms with Crippen LogP contribution in [0.5, 0.6) is 5.75 Å². The monoisotopic (exact) mass is 233 g/mol. The van der Waals surface area contributed by atoms with Crippen molar-refractivity contribution >= 4 is 0 Å². The van der Waals surface area contributed by atoms with Gasteiger partial charge in [-0.1, -0.05) is 13.0 Å². The summed E-state index contributed by atoms with van der Waals surface area (Å²) in [5, 5.41) is 3.61. The fourth-order valence-electron chi connectivity index (χ4n) is 2.46. The summed E-state index contributed by atoms with van der Waals surface area (Å²) in [6, 6.07) is 7.07. The van der Waals surface area contributed by atoms with E-state index in [1.807, 2.05) is 0 Å². The molecule has 94 valence electrons. The van der Waals surface area contributed by atoms with Crippen LogP contribution in [0, 0.1) is 0 Å². The predicted molar refractivity (Wildman–Crippen MR) is 71.6 cm³/mol. The van der Waals surface area contributed by atoms with Crippen LogP contribution in [0.4, 0.5) is 0 Å². The number of nitrogens with one attached hydrogen (secondary N) is 1. The second-order valence-electron chi connectivity index (χ2n) is 5.07. The Morgan fingerprint density at radius 2 is 2.24 bits per heavy atom. The van der Waals surface area contributed by atoms with Gasteiger partial charge in [-0.3, -0.25) is 0 Å². The number of hydrogen-bond acceptors (Lipinski definition) is 2. The van der Waals surface area contributed by atoms with Crippen LogP contribution < -0.4 is 10.1 Å². The van der Waals surface area contributed by atoms with Crippen LogP contribution in [0.2, 0.25) is 0 Å². The molecule has 0 heterocycles. The molecule has 1 atom stereocenters. The average molecular weight is 233 g/mol. The molecule has 2 nitrogen and oxygen atoms in total. The van der Waals surface area contributed by atoms with Gasteiger partial charge in [0.2, 0.25) is 0 Å². The largest absolute Gasteiger partial charge is 0.491 e. The van der Waals surface area contributed by atoms with Gasteiger partial charge < -0.3 is 10.1 Å². The number of rotatable bonds is 5. The maximum Gasteiger partial charge on any atom is 0.120 e. The minimum absolute atomic E-state index is 0.247. The predicted octanol–water partition coefficient (Wildman–Crippen LogP) is 3.46. The standard InChI is InChI=1S/C15H23NO/c1-4-9-16-15-8-6-12-5-7-13(10-14(12)15)17-11(2)3/h5,7,10-11,15-16H,4,6,8-9H2,1-3H3. The molecule has 1 unspecified atom stereocenters. The zero-order valence-electron chi connectivity index (χ0n) is 11.1. The van der Waals surface area contributed by atoms with E-state index >= 15 is 0 Å². The number of ether oxygens (including phenoxy) is 1. The van der Waals surface area contributed by atoms with Gasteiger partial charge in [0.15, 0.2) is 0 Å². The SMILES string of the molecule is CCCNC1CCc2ccc(OC(C)C)cc21. The van der Waals surface area contributed by atoms with Gasteiger partial charge in [0.1, 0.15) is 5.75 Å². The van der Waals surface area contributed by atoms with Crippen molar-refractivity contribution in [2.45, 2.75) is 52.2 Å². The molecule has 1 aliphatic rings. The van der Waals surface area contributed by atoms with Crippen molar-refractivity contribution in [3.8, 4) is 5.75 Å². The highest BCUT2D eigenvalue weighted by Crippen LogP contribution is 2.33. The molecule has 0 spiro atoms. The van der Waals surface area contributed by atoms with E-state index in [1.165, 1.54) is 30.4 Å². The van der Waals surface area contributed by atoms with E-state index in [2.05, 4.69) is 44.3 Å². The molecule has 1 aliphatic carbocycles. The molecule has 2 rings (SSSR count). The molecule has 0 bridgehead atoms. The minimum atomic E-state index is 0.247. The van der Waals surface area contributed by atoms with Crippen molar-refractivity contribution in [3.63, 3.8) is 0 Å². The topological polar surface area (TPSA) is 21.3 Å². The molecule has 1 aromatic carbocycles. The van der Waals surface area contributed by atoms with Gasteiger partial charge in [-0.05, 0) is 62.9 Å². The summed E-state index contributed by atoms with van der Waals surface area (Å²) in [5.74, 6) is 1.00. The Hall–Kier alpha value is -1.02. The van der Waals surface area contributed by atoms with Crippen LogP contribution in [0.1, 0.15) is 50.8 Å². The third kappa shape index (κ3) is 3.01. The highest BCUT2D eigenvalue weighted by molar-refractivity contribution is 5.40. The van der Waals surface area contributed by atoms with Gasteiger partial charge in [-0.25, -0.2) is 0 Å². The molecule has 0 amide bonds. The lowest BCUT2D eigenvalue weighted by Crippen LogP contribution is -2.19. The highest BCUT2D eigenvalue weighted by Gasteiger charge is 2.22. The second kappa shape index (κ2) is 5.54. The second-order valence-corrected chi connectivity index (χ2v) is 5.07. The van der Waals surface area contributed by atoms with E-state index in [9.17, 15) is 0 Å². The van der Waals surface area contributed by atoms with Crippen molar-refractivity contribution in [1.82, 2.24) is 5.32 Å². The normalized spacial score (nSPS) is 18.5. The van der Waals surface area contributed by atoms with E-state index in [-0.39, 0.29) is 6.10 Å². The fraction of sp³-hybridized carbons (Fsp3) is 0.600. The summed E-state index contributed by atoms with van der Waals surface area (Å²) in [4.78, 5) is 0. The Morgan fingerprint density at radius 3 is 2.94 bits per heavy atom. The quantitative estimate of drug-likeness (QED) is 0.841. The van der Waals surface area contributed by atoms with Gasteiger partial charge >= 0.3 is 0 Å². The van der Waals surface area contributed by atoms with Crippen molar-refractivity contribution in [3.05, 3.63) is 29.3 Å². The van der Waals surface area contributed by atoms with Crippen LogP contribution in [-0.2, 0) is 6.42 Å². The van der Waals surface area contributed by atoms with E-state index in [0.717, 1.165) is 12.3 Å². The first-order valence-corrected chi connectivity index (χ1v) is 6.73. The first kappa shape index (κ1) is 12.4. The van der Waals surface area contributed by atoms with Crippen molar-refractivity contribution in [2.75, 3.05) is 6.54 Å². The number of aryl methyl sites for hydroxylation is 1. The zero-order valence-corrected chi connectivity index (χ0v) is 11.1. The smallest absolute Gasteiger partial charge is 0.120 e. The third-order valence-corrected chi connectivity index (χ3v) is 3.21. The Bertz CT molecular complexity index is 373. The lowest BCUT2D eigenvalue weighted by atomic mass is 10.1. The first-order chi connectivity index (χ1) is 8.20. The lowest BCUT2D eigenvalue weighted by Gasteiger charge is -2.15. The summed E-state index contributed by atoms with van der Waals surface area (Å²) in [7, 11) is 0. The summed E-state index contributed by atoms with van der Waals surface area (Å²) < 4.78 is 5.76. The molecular weight excluding hydrogens is 210 g/mol. The van der Waals surface area contributed by atoms with E-state index in [1.54, 1.807) is 0 Å². The molecule has 0 saturated heterocycles. The van der Waals surface area contributed by atoms with E-state index < -0.39 is 0 Å². The molecule has 0 radical (unpaired) electrons. The first-order valence-electron chi connectivity index (χ1n) is 6.73. The maximum absolute atomic E-state index is 5.76. The van der Waals surface area contributed by atoms with E-state index in [0.29, 0.717) is 6.04 Å². The molecule has 0 fully saturated rings. The summed E-state index contributed by atoms with van der Waals surface area (Å²) in [6.45, 7) is 7.45. The highest BCUT2D eigenvalue weighted by atomic mass is 16.5. The van der Waals surface area contributed by atoms with Crippen LogP contribution in [0.3, 0.4) is 0 Å². The van der Waals surface area contributed by atoms with Crippen molar-refractivity contribution < 1.29 is 4.74 Å². The third-order valence-electron chi connectivity index (χ3n) is 3.21. The zero-order chi connectivity index (χ0) is 12.3. The van der Waals surface area contributed by atoms with Gasteiger partial charge in [-0.2, -0.15) is 0 Å². The van der Waals surface area contributed by atoms with Crippen LogP contribution in [0.15, 0.2) is 18.2 Å². The Labute approximate surface area is 104 Å². The molecule has 0 aliphatic heterocycles. The van der Waals surface area contributed by atoms with Gasteiger partial charge in [0, 0.05) is 6.04 Å². The summed E-state index contributed by atoms with van der Waals surface area (Å²) in [5.41, 5.74) is 2.92. The molecule has 0 aromatic heterocycles. The van der Waals surface area contributed by atoms with Crippen LogP contribution >= 0.6 is 0 Å². The van der Waals surface area contributed by atoms with E-state index in [4.69, 9.17) is 4.74 Å². The fourth-order valence-corrected chi connectivity index (χ4v) is 2.46. The molecule has 0 saturated carbocycles. The Balaban J connectivity index is 2.12. The summed E-state index contributed by atoms with van der Waals surface area (Å²) >= 11 is 0. The number of hydrogen-bond donors (Lipinski definition) is 1. The van der Waals surface area contributed by atoms with Gasteiger partial charge in [0.05, 0.1) is 6.10 Å². The average Bonchev–Trinajstić information content (AvgIpc) is 2.68. The Kier molecular flexibility index (Phi) is 4.06. The molecule has 1 N–H and O–H groups in total. The van der Waals surface area contributed by atoms with Gasteiger partial charge in [-0.15, -0.1) is 0 Å². The lowest BCUT2D eigenvalue weighted by molar-refractivity contribution is 0.242. The van der Waals surface area contributed by atoms with Crippen molar-refractivity contribution in [2.24, 2.45) is 0 Å². The number of benzene rings is 1. The summed E-state index contributed by atoms with van der Waals surface area (Å²) in [6.07, 6.45) is 3.85. The molecule has 2 heteroatoms. The minimum Gasteiger partial charge on any atom is -0.491 e. The number of fused-ring (bicyclic) bond motifs is 1. The molecular formula is C15H23NO.